The molecule has 32 heavy (non-hydrogen) atoms. The number of hydrogen-bond donors (Lipinski definition) is 1. The fourth-order valence-corrected chi connectivity index (χ4v) is 5.13. The van der Waals surface area contributed by atoms with Crippen LogP contribution in [0.15, 0.2) is 48.5 Å². The molecular formula is C25H27N3O4. The van der Waals surface area contributed by atoms with Crippen molar-refractivity contribution in [1.82, 2.24) is 14.8 Å². The molecule has 1 N–H and O–H groups in total. The van der Waals surface area contributed by atoms with Crippen molar-refractivity contribution in [2.75, 3.05) is 33.9 Å². The van der Waals surface area contributed by atoms with Crippen LogP contribution >= 0.6 is 0 Å². The first kappa shape index (κ1) is 20.6. The molecule has 7 nitrogen and oxygen atoms in total. The maximum Gasteiger partial charge on any atom is 0.246 e. The molecule has 2 amide bonds. The minimum Gasteiger partial charge on any atom is -0.496 e. The maximum absolute atomic E-state index is 13.5. The minimum absolute atomic E-state index is 0.00321. The number of nitrogens with one attached hydrogen (secondary N) is 1. The predicted molar refractivity (Wildman–Crippen MR) is 121 cm³/mol. The van der Waals surface area contributed by atoms with Crippen LogP contribution in [-0.4, -0.2) is 66.6 Å². The minimum atomic E-state index is -0.541. The van der Waals surface area contributed by atoms with Gasteiger partial charge in [-0.05, 0) is 24.1 Å². The highest BCUT2D eigenvalue weighted by Gasteiger charge is 2.48. The SMILES string of the molecule is COCCCN1CC(=O)N2[C@H](c3ccccc3OC)c3[nH]c4ccccc4c3C[C@H]2C1=O. The largest absolute Gasteiger partial charge is 0.496 e. The number of methoxy groups -OCH3 is 2. The quantitative estimate of drug-likeness (QED) is 0.607. The van der Waals surface area contributed by atoms with Gasteiger partial charge in [0, 0.05) is 48.8 Å². The Morgan fingerprint density at radius 3 is 2.66 bits per heavy atom. The fourth-order valence-electron chi connectivity index (χ4n) is 5.13. The molecule has 1 aromatic heterocycles. The molecule has 7 heteroatoms. The summed E-state index contributed by atoms with van der Waals surface area (Å²) in [5.74, 6) is 0.647. The van der Waals surface area contributed by atoms with Crippen LogP contribution in [0.5, 0.6) is 5.75 Å². The van der Waals surface area contributed by atoms with Crippen molar-refractivity contribution in [1.29, 1.82) is 0 Å². The van der Waals surface area contributed by atoms with Crippen LogP contribution in [-0.2, 0) is 20.7 Å². The normalized spacial score (nSPS) is 20.4. The van der Waals surface area contributed by atoms with Gasteiger partial charge in [-0.15, -0.1) is 0 Å². The number of carbonyl (C=O) groups is 2. The zero-order chi connectivity index (χ0) is 22.2. The summed E-state index contributed by atoms with van der Waals surface area (Å²) in [6, 6.07) is 14.9. The summed E-state index contributed by atoms with van der Waals surface area (Å²) in [7, 11) is 3.27. The van der Waals surface area contributed by atoms with Crippen LogP contribution < -0.4 is 4.74 Å². The molecule has 0 saturated carbocycles. The van der Waals surface area contributed by atoms with Crippen molar-refractivity contribution in [3.63, 3.8) is 0 Å². The van der Waals surface area contributed by atoms with E-state index in [9.17, 15) is 9.59 Å². The van der Waals surface area contributed by atoms with Gasteiger partial charge in [-0.2, -0.15) is 0 Å². The van der Waals surface area contributed by atoms with E-state index in [1.54, 1.807) is 24.0 Å². The van der Waals surface area contributed by atoms with Crippen molar-refractivity contribution in [2.24, 2.45) is 0 Å². The number of para-hydroxylation sites is 2. The summed E-state index contributed by atoms with van der Waals surface area (Å²) < 4.78 is 10.8. The van der Waals surface area contributed by atoms with Crippen LogP contribution in [0.2, 0.25) is 0 Å². The first-order valence-electron chi connectivity index (χ1n) is 10.9. The number of H-pyrrole nitrogens is 1. The van der Waals surface area contributed by atoms with Gasteiger partial charge in [-0.25, -0.2) is 0 Å². The van der Waals surface area contributed by atoms with Crippen molar-refractivity contribution in [3.8, 4) is 5.75 Å². The first-order valence-corrected chi connectivity index (χ1v) is 10.9. The van der Waals surface area contributed by atoms with Gasteiger partial charge in [0.25, 0.3) is 0 Å². The number of ether oxygens (including phenoxy) is 2. The molecule has 1 saturated heterocycles. The zero-order valence-corrected chi connectivity index (χ0v) is 18.3. The summed E-state index contributed by atoms with van der Waals surface area (Å²) in [4.78, 5) is 34.0. The predicted octanol–water partition coefficient (Wildman–Crippen LogP) is 2.90. The van der Waals surface area contributed by atoms with Crippen LogP contribution in [0.4, 0.5) is 0 Å². The molecule has 3 aromatic rings. The Labute approximate surface area is 186 Å². The lowest BCUT2D eigenvalue weighted by atomic mass is 9.86. The second-order valence-electron chi connectivity index (χ2n) is 8.33. The number of aromatic amines is 1. The van der Waals surface area contributed by atoms with E-state index in [1.165, 1.54) is 0 Å². The van der Waals surface area contributed by atoms with Crippen LogP contribution in [0.25, 0.3) is 10.9 Å². The summed E-state index contributed by atoms with van der Waals surface area (Å²) in [6.45, 7) is 1.16. The van der Waals surface area contributed by atoms with Crippen LogP contribution in [0, 0.1) is 0 Å². The molecule has 0 spiro atoms. The fraction of sp³-hybridized carbons (Fsp3) is 0.360. The number of benzene rings is 2. The molecule has 5 rings (SSSR count). The van der Waals surface area contributed by atoms with Gasteiger partial charge in [-0.1, -0.05) is 36.4 Å². The Hall–Kier alpha value is -3.32. The number of piperazine rings is 1. The van der Waals surface area contributed by atoms with E-state index in [2.05, 4.69) is 11.1 Å². The monoisotopic (exact) mass is 433 g/mol. The lowest BCUT2D eigenvalue weighted by molar-refractivity contribution is -0.158. The number of rotatable bonds is 6. The lowest BCUT2D eigenvalue weighted by Gasteiger charge is -2.47. The molecule has 0 radical (unpaired) electrons. The summed E-state index contributed by atoms with van der Waals surface area (Å²) in [6.07, 6.45) is 1.20. The van der Waals surface area contributed by atoms with E-state index in [4.69, 9.17) is 9.47 Å². The van der Waals surface area contributed by atoms with E-state index in [-0.39, 0.29) is 18.4 Å². The van der Waals surface area contributed by atoms with Gasteiger partial charge in [0.1, 0.15) is 17.8 Å². The zero-order valence-electron chi connectivity index (χ0n) is 18.3. The number of amides is 2. The molecule has 3 heterocycles. The number of fused-ring (bicyclic) bond motifs is 4. The Morgan fingerprint density at radius 1 is 1.06 bits per heavy atom. The topological polar surface area (TPSA) is 74.9 Å². The molecule has 1 fully saturated rings. The average molecular weight is 434 g/mol. The Kier molecular flexibility index (Phi) is 5.35. The average Bonchev–Trinajstić information content (AvgIpc) is 3.19. The number of aromatic nitrogens is 1. The number of nitrogens with zero attached hydrogens (tertiary/aromatic N) is 2. The smallest absolute Gasteiger partial charge is 0.246 e. The van der Waals surface area contributed by atoms with E-state index in [0.717, 1.165) is 27.7 Å². The molecule has 166 valence electrons. The standard InChI is InChI=1S/C25H27N3O4/c1-31-13-7-12-27-15-22(29)28-20(25(27)30)14-18-16-8-3-5-10-19(16)26-23(18)24(28)17-9-4-6-11-21(17)32-2/h3-6,8-11,20,24,26H,7,12-15H2,1-2H3/t20-,24+/m0/s1. The third-order valence-corrected chi connectivity index (χ3v) is 6.55. The van der Waals surface area contributed by atoms with E-state index >= 15 is 0 Å². The van der Waals surface area contributed by atoms with Gasteiger partial charge in [0.2, 0.25) is 11.8 Å². The highest BCUT2D eigenvalue weighted by molar-refractivity contribution is 5.97. The van der Waals surface area contributed by atoms with Crippen LogP contribution in [0.1, 0.15) is 29.3 Å². The summed E-state index contributed by atoms with van der Waals surface area (Å²) >= 11 is 0. The van der Waals surface area contributed by atoms with Gasteiger partial charge in [-0.3, -0.25) is 9.59 Å². The maximum atomic E-state index is 13.5. The Balaban J connectivity index is 1.64. The molecule has 0 unspecified atom stereocenters. The van der Waals surface area contributed by atoms with E-state index in [0.29, 0.717) is 31.7 Å². The Morgan fingerprint density at radius 2 is 1.84 bits per heavy atom. The van der Waals surface area contributed by atoms with Crippen molar-refractivity contribution < 1.29 is 19.1 Å². The van der Waals surface area contributed by atoms with E-state index < -0.39 is 12.1 Å². The first-order chi connectivity index (χ1) is 15.6. The van der Waals surface area contributed by atoms with Crippen molar-refractivity contribution in [3.05, 3.63) is 65.4 Å². The molecule has 0 aliphatic carbocycles. The molecule has 2 atom stereocenters. The molecule has 0 bridgehead atoms. The number of carbonyl (C=O) groups excluding carboxylic acids is 2. The second kappa shape index (κ2) is 8.31. The van der Waals surface area contributed by atoms with Crippen molar-refractivity contribution >= 4 is 22.7 Å². The van der Waals surface area contributed by atoms with Crippen LogP contribution in [0.3, 0.4) is 0 Å². The third-order valence-electron chi connectivity index (χ3n) is 6.55. The van der Waals surface area contributed by atoms with Crippen molar-refractivity contribution in [2.45, 2.75) is 24.9 Å². The highest BCUT2D eigenvalue weighted by Crippen LogP contribution is 2.44. The molecule has 2 aliphatic heterocycles. The lowest BCUT2D eigenvalue weighted by Crippen LogP contribution is -2.63. The number of hydrogen-bond acceptors (Lipinski definition) is 4. The third kappa shape index (κ3) is 3.24. The van der Waals surface area contributed by atoms with Gasteiger partial charge in [0.15, 0.2) is 0 Å². The summed E-state index contributed by atoms with van der Waals surface area (Å²) in [5.41, 5.74) is 3.94. The van der Waals surface area contributed by atoms with Gasteiger partial charge < -0.3 is 24.3 Å². The highest BCUT2D eigenvalue weighted by atomic mass is 16.5. The second-order valence-corrected chi connectivity index (χ2v) is 8.33. The molecular weight excluding hydrogens is 406 g/mol. The molecule has 2 aliphatic rings. The van der Waals surface area contributed by atoms with Gasteiger partial charge >= 0.3 is 0 Å². The summed E-state index contributed by atoms with van der Waals surface area (Å²) in [5, 5.41) is 1.10. The van der Waals surface area contributed by atoms with Gasteiger partial charge in [0.05, 0.1) is 13.7 Å². The van der Waals surface area contributed by atoms with E-state index in [1.807, 2.05) is 42.5 Å². The molecule has 2 aromatic carbocycles. The Bertz CT molecular complexity index is 1170.